The molecular formula is C18H23N5O. The largest absolute Gasteiger partial charge is 0.335 e. The molecule has 1 aromatic heterocycles. The van der Waals surface area contributed by atoms with Gasteiger partial charge in [0.15, 0.2) is 0 Å². The molecule has 1 saturated heterocycles. The number of hydrogen-bond acceptors (Lipinski definition) is 5. The second-order valence-electron chi connectivity index (χ2n) is 6.04. The van der Waals surface area contributed by atoms with Crippen molar-refractivity contribution in [2.75, 3.05) is 38.5 Å². The van der Waals surface area contributed by atoms with E-state index in [9.17, 15) is 4.79 Å². The molecule has 2 heterocycles. The third-order valence-electron chi connectivity index (χ3n) is 4.28. The fraction of sp³-hybridized carbons (Fsp3) is 0.389. The predicted octanol–water partition coefficient (Wildman–Crippen LogP) is 2.17. The lowest BCUT2D eigenvalue weighted by atomic mass is 10.1. The maximum atomic E-state index is 12.6. The van der Waals surface area contributed by atoms with Crippen LogP contribution in [0.1, 0.15) is 23.0 Å². The zero-order valence-corrected chi connectivity index (χ0v) is 14.2. The number of rotatable bonds is 4. The first kappa shape index (κ1) is 16.4. The Hall–Kier alpha value is -2.47. The molecule has 0 unspecified atom stereocenters. The number of carbonyl (C=O) groups excluding carboxylic acids is 1. The number of aryl methyl sites for hydroxylation is 1. The van der Waals surface area contributed by atoms with Crippen LogP contribution in [0.25, 0.3) is 0 Å². The summed E-state index contributed by atoms with van der Waals surface area (Å²) < 4.78 is 0. The van der Waals surface area contributed by atoms with Crippen LogP contribution < -0.4 is 5.32 Å². The molecule has 1 amide bonds. The Bertz CT molecular complexity index is 693. The van der Waals surface area contributed by atoms with Gasteiger partial charge >= 0.3 is 0 Å². The van der Waals surface area contributed by atoms with Crippen molar-refractivity contribution < 1.29 is 4.79 Å². The number of piperazine rings is 1. The van der Waals surface area contributed by atoms with Crippen LogP contribution in [0.4, 0.5) is 11.6 Å². The number of amides is 1. The lowest BCUT2D eigenvalue weighted by Crippen LogP contribution is -2.47. The molecule has 126 valence electrons. The molecule has 6 nitrogen and oxygen atoms in total. The van der Waals surface area contributed by atoms with Crippen LogP contribution in [0.5, 0.6) is 0 Å². The Morgan fingerprint density at radius 1 is 1.12 bits per heavy atom. The Morgan fingerprint density at radius 3 is 2.50 bits per heavy atom. The summed E-state index contributed by atoms with van der Waals surface area (Å²) in [5.74, 6) is 0.411. The zero-order valence-electron chi connectivity index (χ0n) is 14.2. The van der Waals surface area contributed by atoms with E-state index in [1.165, 1.54) is 5.56 Å². The van der Waals surface area contributed by atoms with Crippen molar-refractivity contribution in [3.8, 4) is 0 Å². The van der Waals surface area contributed by atoms with E-state index >= 15 is 0 Å². The summed E-state index contributed by atoms with van der Waals surface area (Å²) >= 11 is 0. The maximum absolute atomic E-state index is 12.6. The van der Waals surface area contributed by atoms with Crippen molar-refractivity contribution in [1.29, 1.82) is 0 Å². The highest BCUT2D eigenvalue weighted by Gasteiger charge is 2.21. The number of hydrogen-bond donors (Lipinski definition) is 1. The Morgan fingerprint density at radius 2 is 1.83 bits per heavy atom. The molecule has 1 fully saturated rings. The van der Waals surface area contributed by atoms with Gasteiger partial charge in [-0.3, -0.25) is 4.79 Å². The molecule has 24 heavy (non-hydrogen) atoms. The monoisotopic (exact) mass is 325 g/mol. The Balaban J connectivity index is 1.70. The standard InChI is InChI=1S/C18H23N5O/c1-3-14-4-6-15(7-5-14)20-18-19-9-8-16(21-18)17(24)23-12-10-22(2)11-13-23/h4-9H,3,10-13H2,1-2H3,(H,19,20,21). The van der Waals surface area contributed by atoms with E-state index in [1.807, 2.05) is 17.0 Å². The Kier molecular flexibility index (Phi) is 5.05. The highest BCUT2D eigenvalue weighted by molar-refractivity contribution is 5.92. The van der Waals surface area contributed by atoms with Gasteiger partial charge in [-0.05, 0) is 37.2 Å². The maximum Gasteiger partial charge on any atom is 0.272 e. The van der Waals surface area contributed by atoms with Crippen molar-refractivity contribution in [3.05, 3.63) is 47.8 Å². The highest BCUT2D eigenvalue weighted by Crippen LogP contribution is 2.15. The topological polar surface area (TPSA) is 61.4 Å². The number of anilines is 2. The number of nitrogens with one attached hydrogen (secondary N) is 1. The molecule has 2 aromatic rings. The van der Waals surface area contributed by atoms with E-state index < -0.39 is 0 Å². The molecule has 1 aromatic carbocycles. The van der Waals surface area contributed by atoms with E-state index in [-0.39, 0.29) is 5.91 Å². The molecular weight excluding hydrogens is 302 g/mol. The molecule has 0 spiro atoms. The minimum absolute atomic E-state index is 0.0325. The number of nitrogens with zero attached hydrogens (tertiary/aromatic N) is 4. The van der Waals surface area contributed by atoms with Crippen LogP contribution in [0.2, 0.25) is 0 Å². The Labute approximate surface area is 142 Å². The fourth-order valence-corrected chi connectivity index (χ4v) is 2.66. The second-order valence-corrected chi connectivity index (χ2v) is 6.04. The molecule has 1 aliphatic rings. The first-order valence-corrected chi connectivity index (χ1v) is 8.32. The number of benzene rings is 1. The minimum Gasteiger partial charge on any atom is -0.335 e. The number of likely N-dealkylation sites (N-methyl/N-ethyl adjacent to an activating group) is 1. The second kappa shape index (κ2) is 7.40. The minimum atomic E-state index is -0.0325. The molecule has 0 radical (unpaired) electrons. The molecule has 6 heteroatoms. The van der Waals surface area contributed by atoms with Crippen molar-refractivity contribution in [2.45, 2.75) is 13.3 Å². The lowest BCUT2D eigenvalue weighted by Gasteiger charge is -2.32. The predicted molar refractivity (Wildman–Crippen MR) is 94.5 cm³/mol. The van der Waals surface area contributed by atoms with E-state index in [2.05, 4.69) is 46.3 Å². The number of aromatic nitrogens is 2. The average molecular weight is 325 g/mol. The average Bonchev–Trinajstić information content (AvgIpc) is 2.63. The van der Waals surface area contributed by atoms with Gasteiger partial charge in [0.2, 0.25) is 5.95 Å². The molecule has 1 N–H and O–H groups in total. The van der Waals surface area contributed by atoms with Gasteiger partial charge in [-0.25, -0.2) is 9.97 Å². The van der Waals surface area contributed by atoms with Crippen molar-refractivity contribution in [3.63, 3.8) is 0 Å². The first-order chi connectivity index (χ1) is 11.7. The third kappa shape index (κ3) is 3.89. The van der Waals surface area contributed by atoms with Gasteiger partial charge in [0.25, 0.3) is 5.91 Å². The van der Waals surface area contributed by atoms with Gasteiger partial charge in [-0.15, -0.1) is 0 Å². The van der Waals surface area contributed by atoms with Gasteiger partial charge in [-0.1, -0.05) is 19.1 Å². The van der Waals surface area contributed by atoms with Gasteiger partial charge in [0.05, 0.1) is 0 Å². The normalized spacial score (nSPS) is 15.3. The van der Waals surface area contributed by atoms with Crippen molar-refractivity contribution >= 4 is 17.5 Å². The highest BCUT2D eigenvalue weighted by atomic mass is 16.2. The van der Waals surface area contributed by atoms with E-state index in [0.717, 1.165) is 38.3 Å². The summed E-state index contributed by atoms with van der Waals surface area (Å²) in [5.41, 5.74) is 2.62. The van der Waals surface area contributed by atoms with E-state index in [0.29, 0.717) is 11.6 Å². The summed E-state index contributed by atoms with van der Waals surface area (Å²) in [7, 11) is 2.07. The van der Waals surface area contributed by atoms with Crippen LogP contribution in [0, 0.1) is 0 Å². The number of carbonyl (C=O) groups is 1. The van der Waals surface area contributed by atoms with Crippen LogP contribution >= 0.6 is 0 Å². The SMILES string of the molecule is CCc1ccc(Nc2nccc(C(=O)N3CCN(C)CC3)n2)cc1. The third-order valence-corrected chi connectivity index (χ3v) is 4.28. The van der Waals surface area contributed by atoms with Crippen LogP contribution in [-0.4, -0.2) is 58.9 Å². The summed E-state index contributed by atoms with van der Waals surface area (Å²) in [6.07, 6.45) is 2.63. The molecule has 0 aliphatic carbocycles. The van der Waals surface area contributed by atoms with Gasteiger partial charge in [0.1, 0.15) is 5.69 Å². The molecule has 1 aliphatic heterocycles. The smallest absolute Gasteiger partial charge is 0.272 e. The van der Waals surface area contributed by atoms with Crippen molar-refractivity contribution in [1.82, 2.24) is 19.8 Å². The molecule has 0 bridgehead atoms. The van der Waals surface area contributed by atoms with E-state index in [4.69, 9.17) is 0 Å². The van der Waals surface area contributed by atoms with E-state index in [1.54, 1.807) is 12.3 Å². The van der Waals surface area contributed by atoms with Crippen molar-refractivity contribution in [2.24, 2.45) is 0 Å². The first-order valence-electron chi connectivity index (χ1n) is 8.32. The summed E-state index contributed by atoms with van der Waals surface area (Å²) in [6.45, 7) is 5.39. The summed E-state index contributed by atoms with van der Waals surface area (Å²) in [5, 5.41) is 3.16. The quantitative estimate of drug-likeness (QED) is 0.933. The fourth-order valence-electron chi connectivity index (χ4n) is 2.66. The van der Waals surface area contributed by atoms with Gasteiger partial charge in [-0.2, -0.15) is 0 Å². The summed E-state index contributed by atoms with van der Waals surface area (Å²) in [4.78, 5) is 25.2. The van der Waals surface area contributed by atoms with Gasteiger partial charge in [0, 0.05) is 38.1 Å². The molecule has 0 atom stereocenters. The molecule has 0 saturated carbocycles. The summed E-state index contributed by atoms with van der Waals surface area (Å²) in [6, 6.07) is 9.81. The van der Waals surface area contributed by atoms with Gasteiger partial charge < -0.3 is 15.1 Å². The zero-order chi connectivity index (χ0) is 16.9. The lowest BCUT2D eigenvalue weighted by molar-refractivity contribution is 0.0658. The van der Waals surface area contributed by atoms with Crippen LogP contribution in [0.15, 0.2) is 36.5 Å². The van der Waals surface area contributed by atoms with Crippen LogP contribution in [-0.2, 0) is 6.42 Å². The van der Waals surface area contributed by atoms with Crippen LogP contribution in [0.3, 0.4) is 0 Å². The molecule has 3 rings (SSSR count).